The Bertz CT molecular complexity index is 547. The summed E-state index contributed by atoms with van der Waals surface area (Å²) in [5.74, 6) is 0.741. The minimum absolute atomic E-state index is 0.741. The maximum absolute atomic E-state index is 4.44. The lowest BCUT2D eigenvalue weighted by Gasteiger charge is -2.05. The molecule has 2 aromatic heterocycles. The van der Waals surface area contributed by atoms with Gasteiger partial charge in [0.25, 0.3) is 0 Å². The van der Waals surface area contributed by atoms with Crippen molar-refractivity contribution in [2.75, 3.05) is 6.54 Å². The largest absolute Gasteiger partial charge is 0.311 e. The van der Waals surface area contributed by atoms with Crippen LogP contribution in [-0.2, 0) is 6.54 Å². The van der Waals surface area contributed by atoms with Crippen molar-refractivity contribution >= 4 is 15.9 Å². The Balaban J connectivity index is 2.15. The van der Waals surface area contributed by atoms with Crippen LogP contribution >= 0.6 is 15.9 Å². The molecule has 0 aliphatic heterocycles. The van der Waals surface area contributed by atoms with Gasteiger partial charge in [-0.2, -0.15) is 5.10 Å². The first-order chi connectivity index (χ1) is 9.13. The van der Waals surface area contributed by atoms with Crippen LogP contribution in [0.25, 0.3) is 5.82 Å². The number of aryl methyl sites for hydroxylation is 1. The zero-order chi connectivity index (χ0) is 13.8. The summed E-state index contributed by atoms with van der Waals surface area (Å²) in [6.45, 7) is 7.85. The molecule has 0 saturated carbocycles. The van der Waals surface area contributed by atoms with E-state index >= 15 is 0 Å². The van der Waals surface area contributed by atoms with E-state index < -0.39 is 0 Å². The first-order valence-electron chi connectivity index (χ1n) is 6.37. The topological polar surface area (TPSA) is 55.6 Å². The van der Waals surface area contributed by atoms with Crippen LogP contribution in [0.5, 0.6) is 0 Å². The van der Waals surface area contributed by atoms with Crippen LogP contribution in [0.1, 0.15) is 30.4 Å². The van der Waals surface area contributed by atoms with E-state index in [4.69, 9.17) is 0 Å². The van der Waals surface area contributed by atoms with Crippen LogP contribution in [-0.4, -0.2) is 26.3 Å². The Morgan fingerprint density at radius 3 is 2.58 bits per heavy atom. The number of hydrogen-bond acceptors (Lipinski definition) is 4. The van der Waals surface area contributed by atoms with Gasteiger partial charge < -0.3 is 5.32 Å². The third-order valence-electron chi connectivity index (χ3n) is 2.84. The van der Waals surface area contributed by atoms with Crippen molar-refractivity contribution in [2.24, 2.45) is 0 Å². The van der Waals surface area contributed by atoms with Crippen molar-refractivity contribution in [2.45, 2.75) is 33.7 Å². The van der Waals surface area contributed by atoms with Crippen LogP contribution in [0.15, 0.2) is 16.9 Å². The highest BCUT2D eigenvalue weighted by atomic mass is 79.9. The van der Waals surface area contributed by atoms with Crippen molar-refractivity contribution in [3.63, 3.8) is 0 Å². The lowest BCUT2D eigenvalue weighted by Crippen LogP contribution is -2.15. The van der Waals surface area contributed by atoms with E-state index in [0.29, 0.717) is 0 Å². The summed E-state index contributed by atoms with van der Waals surface area (Å²) >= 11 is 3.51. The minimum Gasteiger partial charge on any atom is -0.311 e. The van der Waals surface area contributed by atoms with Gasteiger partial charge >= 0.3 is 0 Å². The standard InChI is InChI=1S/C13H18BrN5/c1-4-5-15-6-11-7-17-12(8-16-11)19-10(3)13(14)9(2)18-19/h7-8,15H,4-6H2,1-3H3. The molecule has 2 aromatic rings. The Morgan fingerprint density at radius 2 is 2.05 bits per heavy atom. The molecule has 1 N–H and O–H groups in total. The summed E-state index contributed by atoms with van der Waals surface area (Å²) in [5.41, 5.74) is 2.93. The lowest BCUT2D eigenvalue weighted by molar-refractivity contribution is 0.660. The third kappa shape index (κ3) is 3.19. The van der Waals surface area contributed by atoms with Crippen LogP contribution < -0.4 is 5.32 Å². The van der Waals surface area contributed by atoms with Gasteiger partial charge in [-0.25, -0.2) is 9.67 Å². The van der Waals surface area contributed by atoms with E-state index in [-0.39, 0.29) is 0 Å². The zero-order valence-corrected chi connectivity index (χ0v) is 13.0. The fourth-order valence-corrected chi connectivity index (χ4v) is 2.04. The van der Waals surface area contributed by atoms with Crippen LogP contribution in [0, 0.1) is 13.8 Å². The highest BCUT2D eigenvalue weighted by Gasteiger charge is 2.11. The molecular formula is C13H18BrN5. The molecule has 0 aliphatic rings. The monoisotopic (exact) mass is 323 g/mol. The number of halogens is 1. The van der Waals surface area contributed by atoms with E-state index in [1.54, 1.807) is 17.1 Å². The number of hydrogen-bond donors (Lipinski definition) is 1. The molecule has 2 heterocycles. The molecule has 2 rings (SSSR count). The van der Waals surface area contributed by atoms with Crippen molar-refractivity contribution < 1.29 is 0 Å². The van der Waals surface area contributed by atoms with Crippen molar-refractivity contribution in [1.82, 2.24) is 25.1 Å². The average Bonchev–Trinajstić information content (AvgIpc) is 2.68. The maximum atomic E-state index is 4.44. The molecule has 0 atom stereocenters. The van der Waals surface area contributed by atoms with Crippen LogP contribution in [0.3, 0.4) is 0 Å². The summed E-state index contributed by atoms with van der Waals surface area (Å²) in [4.78, 5) is 8.83. The highest BCUT2D eigenvalue weighted by molar-refractivity contribution is 9.10. The number of aromatic nitrogens is 4. The Kier molecular flexibility index (Phi) is 4.66. The normalized spacial score (nSPS) is 10.9. The Labute approximate surface area is 121 Å². The minimum atomic E-state index is 0.741. The lowest BCUT2D eigenvalue weighted by atomic mass is 10.4. The first kappa shape index (κ1) is 14.1. The van der Waals surface area contributed by atoms with E-state index in [0.717, 1.165) is 46.9 Å². The molecule has 102 valence electrons. The maximum Gasteiger partial charge on any atom is 0.172 e. The summed E-state index contributed by atoms with van der Waals surface area (Å²) in [7, 11) is 0. The predicted octanol–water partition coefficient (Wildman–Crippen LogP) is 2.54. The van der Waals surface area contributed by atoms with Crippen LogP contribution in [0.2, 0.25) is 0 Å². The Hall–Kier alpha value is -1.27. The van der Waals surface area contributed by atoms with Crippen molar-refractivity contribution in [1.29, 1.82) is 0 Å². The predicted molar refractivity (Wildman–Crippen MR) is 78.3 cm³/mol. The fraction of sp³-hybridized carbons (Fsp3) is 0.462. The van der Waals surface area contributed by atoms with Gasteiger partial charge in [0.2, 0.25) is 0 Å². The first-order valence-corrected chi connectivity index (χ1v) is 7.16. The highest BCUT2D eigenvalue weighted by Crippen LogP contribution is 2.21. The van der Waals surface area contributed by atoms with E-state index in [1.165, 1.54) is 0 Å². The molecule has 0 radical (unpaired) electrons. The van der Waals surface area contributed by atoms with E-state index in [9.17, 15) is 0 Å². The molecule has 0 aromatic carbocycles. The summed E-state index contributed by atoms with van der Waals surface area (Å²) in [5, 5.41) is 7.74. The zero-order valence-electron chi connectivity index (χ0n) is 11.4. The summed E-state index contributed by atoms with van der Waals surface area (Å²) in [6, 6.07) is 0. The van der Waals surface area contributed by atoms with Gasteiger partial charge in [0, 0.05) is 6.54 Å². The average molecular weight is 324 g/mol. The molecule has 0 bridgehead atoms. The molecule has 0 saturated heterocycles. The van der Waals surface area contributed by atoms with Gasteiger partial charge in [0.05, 0.1) is 33.9 Å². The third-order valence-corrected chi connectivity index (χ3v) is 3.99. The second-order valence-electron chi connectivity index (χ2n) is 4.44. The van der Waals surface area contributed by atoms with Gasteiger partial charge in [-0.3, -0.25) is 4.98 Å². The van der Waals surface area contributed by atoms with Crippen LogP contribution in [0.4, 0.5) is 0 Å². The van der Waals surface area contributed by atoms with Gasteiger partial charge in [0.15, 0.2) is 5.82 Å². The quantitative estimate of drug-likeness (QED) is 0.859. The molecule has 0 spiro atoms. The number of nitrogens with one attached hydrogen (secondary N) is 1. The smallest absolute Gasteiger partial charge is 0.172 e. The molecule has 19 heavy (non-hydrogen) atoms. The van der Waals surface area contributed by atoms with Crippen molar-refractivity contribution in [3.05, 3.63) is 33.9 Å². The SMILES string of the molecule is CCCNCc1cnc(-n2nc(C)c(Br)c2C)cn1. The summed E-state index contributed by atoms with van der Waals surface area (Å²) in [6.07, 6.45) is 4.67. The summed E-state index contributed by atoms with van der Waals surface area (Å²) < 4.78 is 2.82. The molecule has 0 fully saturated rings. The van der Waals surface area contributed by atoms with Gasteiger partial charge in [-0.15, -0.1) is 0 Å². The van der Waals surface area contributed by atoms with Crippen molar-refractivity contribution in [3.8, 4) is 5.82 Å². The van der Waals surface area contributed by atoms with E-state index in [1.807, 2.05) is 13.8 Å². The second-order valence-corrected chi connectivity index (χ2v) is 5.23. The molecular weight excluding hydrogens is 306 g/mol. The van der Waals surface area contributed by atoms with E-state index in [2.05, 4.69) is 43.2 Å². The van der Waals surface area contributed by atoms with Gasteiger partial charge in [-0.05, 0) is 42.7 Å². The van der Waals surface area contributed by atoms with Gasteiger partial charge in [0.1, 0.15) is 0 Å². The van der Waals surface area contributed by atoms with Gasteiger partial charge in [-0.1, -0.05) is 6.92 Å². The number of rotatable bonds is 5. The molecule has 5 nitrogen and oxygen atoms in total. The molecule has 0 unspecified atom stereocenters. The molecule has 0 aliphatic carbocycles. The molecule has 0 amide bonds. The fourth-order valence-electron chi connectivity index (χ4n) is 1.79. The second kappa shape index (κ2) is 6.25. The molecule has 6 heteroatoms. The number of nitrogens with zero attached hydrogens (tertiary/aromatic N) is 4. The Morgan fingerprint density at radius 1 is 1.26 bits per heavy atom.